The second-order valence-corrected chi connectivity index (χ2v) is 8.66. The van der Waals surface area contributed by atoms with Crippen LogP contribution < -0.4 is 10.6 Å². The second-order valence-electron chi connectivity index (χ2n) is 7.63. The summed E-state index contributed by atoms with van der Waals surface area (Å²) in [4.78, 5) is 54.8. The Morgan fingerprint density at radius 3 is 2.93 bits per heavy atom. The summed E-state index contributed by atoms with van der Waals surface area (Å²) in [5, 5.41) is 7.68. The Morgan fingerprint density at radius 1 is 1.38 bits per heavy atom. The SMILES string of the molecule is COCC(=O)NC1CC2C(=O)NC3CCN(C(=O)Cc4cccs4)C3C(=O)N2C1. The highest BCUT2D eigenvalue weighted by molar-refractivity contribution is 7.10. The van der Waals surface area contributed by atoms with Crippen molar-refractivity contribution >= 4 is 35.0 Å². The third-order valence-electron chi connectivity index (χ3n) is 5.73. The van der Waals surface area contributed by atoms with Crippen LogP contribution >= 0.6 is 11.3 Å². The summed E-state index contributed by atoms with van der Waals surface area (Å²) in [6, 6.07) is 1.79. The summed E-state index contributed by atoms with van der Waals surface area (Å²) >= 11 is 1.51. The fourth-order valence-corrected chi connectivity index (χ4v) is 5.17. The van der Waals surface area contributed by atoms with Gasteiger partial charge in [0.1, 0.15) is 18.7 Å². The van der Waals surface area contributed by atoms with Crippen molar-refractivity contribution in [2.24, 2.45) is 0 Å². The number of methoxy groups -OCH3 is 1. The Kier molecular flexibility index (Phi) is 5.55. The van der Waals surface area contributed by atoms with Gasteiger partial charge in [-0.25, -0.2) is 0 Å². The number of carbonyl (C=O) groups is 4. The minimum atomic E-state index is -0.690. The number of rotatable bonds is 5. The highest BCUT2D eigenvalue weighted by Crippen LogP contribution is 2.29. The van der Waals surface area contributed by atoms with E-state index in [0.717, 1.165) is 4.88 Å². The van der Waals surface area contributed by atoms with Crippen molar-refractivity contribution in [3.63, 3.8) is 0 Å². The zero-order chi connectivity index (χ0) is 20.5. The van der Waals surface area contributed by atoms with E-state index in [0.29, 0.717) is 19.4 Å². The standard InChI is InChI=1S/C19H24N4O5S/c1-28-10-15(24)20-11-7-14-18(26)21-13-4-5-22(17(13)19(27)23(14)9-11)16(25)8-12-3-2-6-29-12/h2-3,6,11,13-14,17H,4-5,7-10H2,1H3,(H,20,24)(H,21,26). The average molecular weight is 420 g/mol. The molecule has 0 aromatic carbocycles. The highest BCUT2D eigenvalue weighted by Gasteiger charge is 2.52. The summed E-state index contributed by atoms with van der Waals surface area (Å²) in [6.45, 7) is 0.623. The molecule has 3 aliphatic heterocycles. The molecule has 156 valence electrons. The van der Waals surface area contributed by atoms with Crippen LogP contribution in [0.15, 0.2) is 17.5 Å². The number of carbonyl (C=O) groups excluding carboxylic acids is 4. The predicted octanol–water partition coefficient (Wildman–Crippen LogP) is -0.878. The molecule has 0 bridgehead atoms. The number of ether oxygens (including phenoxy) is 1. The van der Waals surface area contributed by atoms with Crippen molar-refractivity contribution in [2.75, 3.05) is 26.8 Å². The first-order valence-electron chi connectivity index (χ1n) is 9.69. The quantitative estimate of drug-likeness (QED) is 0.643. The smallest absolute Gasteiger partial charge is 0.248 e. The highest BCUT2D eigenvalue weighted by atomic mass is 32.1. The predicted molar refractivity (Wildman–Crippen MR) is 104 cm³/mol. The van der Waals surface area contributed by atoms with Gasteiger partial charge in [-0.1, -0.05) is 6.07 Å². The van der Waals surface area contributed by atoms with Crippen LogP contribution in [0.4, 0.5) is 0 Å². The summed E-state index contributed by atoms with van der Waals surface area (Å²) in [5.74, 6) is -0.833. The van der Waals surface area contributed by atoms with Gasteiger partial charge < -0.3 is 25.2 Å². The minimum absolute atomic E-state index is 0.0724. The number of hydrogen-bond acceptors (Lipinski definition) is 6. The van der Waals surface area contributed by atoms with Crippen LogP contribution in [0.3, 0.4) is 0 Å². The Labute approximate surface area is 172 Å². The van der Waals surface area contributed by atoms with Crippen molar-refractivity contribution in [3.05, 3.63) is 22.4 Å². The molecule has 1 aromatic rings. The number of fused-ring (bicyclic) bond motifs is 2. The maximum absolute atomic E-state index is 13.3. The molecule has 4 amide bonds. The van der Waals surface area contributed by atoms with Crippen molar-refractivity contribution < 1.29 is 23.9 Å². The first-order valence-corrected chi connectivity index (χ1v) is 10.6. The molecule has 10 heteroatoms. The van der Waals surface area contributed by atoms with Gasteiger partial charge in [0.25, 0.3) is 0 Å². The Balaban J connectivity index is 1.49. The van der Waals surface area contributed by atoms with E-state index in [9.17, 15) is 19.2 Å². The number of nitrogens with one attached hydrogen (secondary N) is 2. The van der Waals surface area contributed by atoms with Gasteiger partial charge in [-0.05, 0) is 24.3 Å². The molecular formula is C19H24N4O5S. The van der Waals surface area contributed by atoms with Gasteiger partial charge in [0.05, 0.1) is 12.5 Å². The van der Waals surface area contributed by atoms with Crippen molar-refractivity contribution in [2.45, 2.75) is 43.4 Å². The molecule has 3 aliphatic rings. The summed E-state index contributed by atoms with van der Waals surface area (Å²) < 4.78 is 4.82. The topological polar surface area (TPSA) is 108 Å². The zero-order valence-corrected chi connectivity index (χ0v) is 16.9. The van der Waals surface area contributed by atoms with Crippen molar-refractivity contribution in [1.29, 1.82) is 0 Å². The lowest BCUT2D eigenvalue weighted by molar-refractivity contribution is -0.144. The number of hydrogen-bond donors (Lipinski definition) is 2. The van der Waals surface area contributed by atoms with E-state index in [1.165, 1.54) is 23.3 Å². The number of nitrogens with zero attached hydrogens (tertiary/aromatic N) is 2. The summed E-state index contributed by atoms with van der Waals surface area (Å²) in [5.41, 5.74) is 0. The zero-order valence-electron chi connectivity index (χ0n) is 16.1. The fraction of sp³-hybridized carbons (Fsp3) is 0.579. The molecule has 3 saturated heterocycles. The van der Waals surface area contributed by atoms with E-state index >= 15 is 0 Å². The third-order valence-corrected chi connectivity index (χ3v) is 6.61. The van der Waals surface area contributed by atoms with E-state index in [1.54, 1.807) is 4.90 Å². The Hall–Kier alpha value is -2.46. The molecule has 1 aromatic heterocycles. The van der Waals surface area contributed by atoms with Gasteiger partial charge >= 0.3 is 0 Å². The van der Waals surface area contributed by atoms with E-state index in [2.05, 4.69) is 10.6 Å². The average Bonchev–Trinajstić information content (AvgIpc) is 3.39. The normalized spacial score (nSPS) is 28.6. The van der Waals surface area contributed by atoms with Crippen LogP contribution in [0, 0.1) is 0 Å². The number of amides is 4. The van der Waals surface area contributed by atoms with Gasteiger partial charge in [0.15, 0.2) is 0 Å². The molecule has 9 nitrogen and oxygen atoms in total. The molecular weight excluding hydrogens is 396 g/mol. The molecule has 4 heterocycles. The van der Waals surface area contributed by atoms with Crippen LogP contribution in [0.25, 0.3) is 0 Å². The molecule has 4 unspecified atom stereocenters. The fourth-order valence-electron chi connectivity index (χ4n) is 4.47. The monoisotopic (exact) mass is 420 g/mol. The van der Waals surface area contributed by atoms with E-state index in [4.69, 9.17) is 4.74 Å². The molecule has 0 aliphatic carbocycles. The maximum atomic E-state index is 13.3. The van der Waals surface area contributed by atoms with Crippen LogP contribution in [0.5, 0.6) is 0 Å². The lowest BCUT2D eigenvalue weighted by atomic mass is 10.1. The van der Waals surface area contributed by atoms with Crippen molar-refractivity contribution in [1.82, 2.24) is 20.4 Å². The molecule has 2 N–H and O–H groups in total. The Bertz CT molecular complexity index is 814. The molecule has 4 rings (SSSR count). The van der Waals surface area contributed by atoms with Crippen LogP contribution in [0.1, 0.15) is 17.7 Å². The first kappa shape index (κ1) is 19.8. The van der Waals surface area contributed by atoms with Gasteiger partial charge in [-0.2, -0.15) is 0 Å². The van der Waals surface area contributed by atoms with Crippen molar-refractivity contribution in [3.8, 4) is 0 Å². The lowest BCUT2D eigenvalue weighted by Crippen LogP contribution is -2.53. The van der Waals surface area contributed by atoms with Gasteiger partial charge in [0, 0.05) is 31.1 Å². The third kappa shape index (κ3) is 3.86. The lowest BCUT2D eigenvalue weighted by Gasteiger charge is -2.29. The molecule has 0 radical (unpaired) electrons. The van der Waals surface area contributed by atoms with Gasteiger partial charge in [0.2, 0.25) is 23.6 Å². The largest absolute Gasteiger partial charge is 0.375 e. The number of thiophene rings is 1. The molecule has 0 spiro atoms. The van der Waals surface area contributed by atoms with Crippen LogP contribution in [-0.4, -0.2) is 84.4 Å². The van der Waals surface area contributed by atoms with E-state index in [-0.39, 0.29) is 55.3 Å². The molecule has 29 heavy (non-hydrogen) atoms. The maximum Gasteiger partial charge on any atom is 0.248 e. The molecule has 3 fully saturated rings. The summed E-state index contributed by atoms with van der Waals surface area (Å²) in [6.07, 6.45) is 1.17. The Morgan fingerprint density at radius 2 is 2.21 bits per heavy atom. The minimum Gasteiger partial charge on any atom is -0.375 e. The van der Waals surface area contributed by atoms with E-state index in [1.807, 2.05) is 17.5 Å². The van der Waals surface area contributed by atoms with Gasteiger partial charge in [-0.15, -0.1) is 11.3 Å². The molecule has 4 atom stereocenters. The van der Waals surface area contributed by atoms with E-state index < -0.39 is 12.1 Å². The number of likely N-dealkylation sites (tertiary alicyclic amines) is 1. The second kappa shape index (κ2) is 8.11. The molecule has 0 saturated carbocycles. The first-order chi connectivity index (χ1) is 14.0. The van der Waals surface area contributed by atoms with Crippen LogP contribution in [0.2, 0.25) is 0 Å². The van der Waals surface area contributed by atoms with Crippen LogP contribution in [-0.2, 0) is 30.3 Å². The summed E-state index contributed by atoms with van der Waals surface area (Å²) in [7, 11) is 1.43. The van der Waals surface area contributed by atoms with Gasteiger partial charge in [-0.3, -0.25) is 19.2 Å².